The molecule has 0 nitrogen and oxygen atoms in total. The Morgan fingerprint density at radius 3 is 1.64 bits per heavy atom. The summed E-state index contributed by atoms with van der Waals surface area (Å²) >= 11 is 0. The van der Waals surface area contributed by atoms with Crippen LogP contribution >= 0.6 is 0 Å². The van der Waals surface area contributed by atoms with Gasteiger partial charge in [0, 0.05) is 0 Å². The van der Waals surface area contributed by atoms with Gasteiger partial charge in [-0.1, -0.05) is 0 Å². The Hall–Kier alpha value is 1.84. The summed E-state index contributed by atoms with van der Waals surface area (Å²) in [5.41, 5.74) is 0.576. The van der Waals surface area contributed by atoms with E-state index >= 15 is 0 Å². The van der Waals surface area contributed by atoms with Crippen LogP contribution in [-0.2, 0) is 0 Å². The van der Waals surface area contributed by atoms with Gasteiger partial charge >= 0.3 is 37.7 Å². The third-order valence-electron chi connectivity index (χ3n) is 1.62. The quantitative estimate of drug-likeness (QED) is 0.268. The van der Waals surface area contributed by atoms with Crippen molar-refractivity contribution in [1.29, 1.82) is 0 Å². The van der Waals surface area contributed by atoms with Crippen LogP contribution < -0.4 is 37.7 Å². The molecule has 0 aromatic rings. The minimum atomic E-state index is -0.673. The van der Waals surface area contributed by atoms with E-state index in [9.17, 15) is 0 Å². The van der Waals surface area contributed by atoms with Crippen LogP contribution in [0, 0.1) is 12.4 Å². The van der Waals surface area contributed by atoms with Crippen molar-refractivity contribution in [3.05, 3.63) is 12.4 Å². The summed E-state index contributed by atoms with van der Waals surface area (Å²) < 4.78 is 0. The van der Waals surface area contributed by atoms with Crippen molar-refractivity contribution >= 4 is 72.4 Å². The molecule has 0 heterocycles. The van der Waals surface area contributed by atoms with Crippen LogP contribution in [0.15, 0.2) is 0 Å². The summed E-state index contributed by atoms with van der Waals surface area (Å²) in [4.78, 5) is 0. The monoisotopic (exact) mass is 150 g/mol. The number of rotatable bonds is 5. The molecule has 0 saturated carbocycles. The summed E-state index contributed by atoms with van der Waals surface area (Å²) in [6, 6.07) is 0. The molecule has 0 unspecified atom stereocenters. The van der Waals surface area contributed by atoms with Crippen molar-refractivity contribution in [3.63, 3.8) is 0 Å². The predicted octanol–water partition coefficient (Wildman–Crippen LogP) is -9.39. The van der Waals surface area contributed by atoms with E-state index in [-0.39, 0.29) is 37.7 Å². The summed E-state index contributed by atoms with van der Waals surface area (Å²) in [7, 11) is 30.2. The fourth-order valence-electron chi connectivity index (χ4n) is 0.914. The maximum absolute atomic E-state index is 5.62. The van der Waals surface area contributed by atoms with Gasteiger partial charge in [0.25, 0.3) is 0 Å². The molecule has 0 aromatic carbocycles. The molecule has 0 aliphatic carbocycles. The van der Waals surface area contributed by atoms with Crippen LogP contribution in [0.4, 0.5) is 0 Å². The average Bonchev–Trinajstić information content (AvgIpc) is 2.03. The van der Waals surface area contributed by atoms with Gasteiger partial charge in [-0.2, -0.15) is 13.7 Å². The van der Waals surface area contributed by atoms with Crippen molar-refractivity contribution in [2.24, 2.45) is 0 Å². The van der Waals surface area contributed by atoms with E-state index in [0.717, 1.165) is 0 Å². The molecule has 42 valence electrons. The number of hydrogen-bond acceptors (Lipinski definition) is 0. The molecule has 0 amide bonds. The standard InChI is InChI=1S/C2H2B10.2Li/c1-8-11(6)2(10(4)5)12(7)9-3;;/h1H2;;/q-2;2*+1. The normalized spacial score (nSPS) is 7.86. The SMILES string of the molecule is [B][B]B([B])[C-](B([B])[B])B([B])[B][CH2-].[Li+].[Li+]. The molecular formula is C2H2B10Li2. The molecule has 0 saturated heterocycles. The second-order valence-electron chi connectivity index (χ2n) is 2.51. The zero-order valence-corrected chi connectivity index (χ0v) is 8.98. The minimum absolute atomic E-state index is 0. The molecule has 0 fully saturated rings. The van der Waals surface area contributed by atoms with Gasteiger partial charge in [-0.25, -0.2) is 0 Å². The van der Waals surface area contributed by atoms with Gasteiger partial charge in [-0.05, 0) is 45.7 Å². The van der Waals surface area contributed by atoms with E-state index in [1.165, 1.54) is 14.2 Å². The second-order valence-corrected chi connectivity index (χ2v) is 2.51. The first-order valence-corrected chi connectivity index (χ1v) is 3.61. The summed E-state index contributed by atoms with van der Waals surface area (Å²) in [6.45, 7) is 1.94. The maximum atomic E-state index is 5.62. The Bertz CT molecular complexity index is 111. The third-order valence-corrected chi connectivity index (χ3v) is 1.62. The van der Waals surface area contributed by atoms with Gasteiger partial charge in [0.15, 0.2) is 0 Å². The van der Waals surface area contributed by atoms with E-state index in [1.807, 2.05) is 0 Å². The fourth-order valence-corrected chi connectivity index (χ4v) is 0.914. The Balaban J connectivity index is -0.000000605. The van der Waals surface area contributed by atoms with Crippen molar-refractivity contribution in [2.75, 3.05) is 0 Å². The van der Waals surface area contributed by atoms with Crippen molar-refractivity contribution in [2.45, 2.75) is 0 Å². The first kappa shape index (κ1) is 21.2. The molecule has 0 aliphatic rings. The first-order chi connectivity index (χ1) is 5.54. The molecule has 12 heteroatoms. The molecule has 0 N–H and O–H groups in total. The molecule has 0 aliphatic heterocycles. The first-order valence-electron chi connectivity index (χ1n) is 3.61. The topological polar surface area (TPSA) is 0 Å². The van der Waals surface area contributed by atoms with E-state index < -0.39 is 19.5 Å². The molecule has 12 radical (unpaired) electrons. The van der Waals surface area contributed by atoms with Gasteiger partial charge in [-0.15, -0.1) is 13.0 Å². The van der Waals surface area contributed by atoms with E-state index in [0.29, 0.717) is 5.62 Å². The van der Waals surface area contributed by atoms with Gasteiger partial charge in [0.2, 0.25) is 0 Å². The van der Waals surface area contributed by atoms with E-state index in [4.69, 9.17) is 38.7 Å². The third kappa shape index (κ3) is 7.17. The van der Waals surface area contributed by atoms with Crippen LogP contribution in [0.5, 0.6) is 0 Å². The smallest absolute Gasteiger partial charge is 0.423 e. The van der Waals surface area contributed by atoms with Crippen LogP contribution in [0.2, 0.25) is 0 Å². The summed E-state index contributed by atoms with van der Waals surface area (Å²) in [5.74, 6) is 0. The molecule has 0 spiro atoms. The van der Waals surface area contributed by atoms with Crippen LogP contribution in [0.1, 0.15) is 0 Å². The molecule has 0 rings (SSSR count). The Labute approximate surface area is 122 Å². The Morgan fingerprint density at radius 2 is 1.43 bits per heavy atom. The summed E-state index contributed by atoms with van der Waals surface area (Å²) in [5, 5.41) is 0. The molecule has 0 bridgehead atoms. The molecule has 14 heavy (non-hydrogen) atoms. The minimum Gasteiger partial charge on any atom is -0.423 e. The molecule has 0 aromatic heterocycles. The van der Waals surface area contributed by atoms with Gasteiger partial charge in [-0.3, -0.25) is 0 Å². The Kier molecular flexibility index (Phi) is 17.1. The second kappa shape index (κ2) is 11.3. The van der Waals surface area contributed by atoms with Crippen molar-refractivity contribution < 1.29 is 37.7 Å². The average molecular weight is 148 g/mol. The van der Waals surface area contributed by atoms with Gasteiger partial charge in [0.1, 0.15) is 0 Å². The zero-order chi connectivity index (χ0) is 9.72. The van der Waals surface area contributed by atoms with Gasteiger partial charge in [0.05, 0.1) is 0 Å². The Morgan fingerprint density at radius 1 is 1.00 bits per heavy atom. The molecular weight excluding hydrogens is 146 g/mol. The van der Waals surface area contributed by atoms with Gasteiger partial charge < -0.3 is 12.4 Å². The molecule has 0 atom stereocenters. The van der Waals surface area contributed by atoms with Crippen molar-refractivity contribution in [3.8, 4) is 0 Å². The fraction of sp³-hybridized carbons (Fsp3) is 0. The zero-order valence-electron chi connectivity index (χ0n) is 8.98. The van der Waals surface area contributed by atoms with Crippen LogP contribution in [-0.4, -0.2) is 72.4 Å². The largest absolute Gasteiger partial charge is 1.00 e. The number of hydrogen-bond donors (Lipinski definition) is 0. The summed E-state index contributed by atoms with van der Waals surface area (Å²) in [6.07, 6.45) is 0. The van der Waals surface area contributed by atoms with E-state index in [2.05, 4.69) is 6.82 Å². The van der Waals surface area contributed by atoms with Crippen LogP contribution in [0.3, 0.4) is 0 Å². The van der Waals surface area contributed by atoms with E-state index in [1.54, 1.807) is 0 Å². The predicted molar refractivity (Wildman–Crippen MR) is 66.1 cm³/mol. The maximum Gasteiger partial charge on any atom is 1.00 e. The van der Waals surface area contributed by atoms with Crippen molar-refractivity contribution in [1.82, 2.24) is 0 Å². The van der Waals surface area contributed by atoms with Crippen LogP contribution in [0.25, 0.3) is 0 Å².